The van der Waals surface area contributed by atoms with Crippen LogP contribution in [0.25, 0.3) is 0 Å². The Morgan fingerprint density at radius 2 is 1.95 bits per heavy atom. The van der Waals surface area contributed by atoms with Crippen LogP contribution in [-0.2, 0) is 16.6 Å². The molecule has 0 bridgehead atoms. The predicted molar refractivity (Wildman–Crippen MR) is 79.6 cm³/mol. The highest BCUT2D eigenvalue weighted by atomic mass is 32.2. The zero-order chi connectivity index (χ0) is 15.5. The van der Waals surface area contributed by atoms with Crippen LogP contribution in [0, 0.1) is 13.8 Å². The van der Waals surface area contributed by atoms with Gasteiger partial charge in [0.25, 0.3) is 0 Å². The van der Waals surface area contributed by atoms with Crippen molar-refractivity contribution < 1.29 is 13.2 Å². The number of nitrogens with zero attached hydrogens (tertiary/aromatic N) is 2. The third kappa shape index (κ3) is 4.05. The molecule has 114 valence electrons. The van der Waals surface area contributed by atoms with Gasteiger partial charge in [0.2, 0.25) is 10.0 Å². The van der Waals surface area contributed by atoms with E-state index >= 15 is 0 Å². The molecule has 0 radical (unpaired) electrons. The first-order chi connectivity index (χ1) is 9.88. The van der Waals surface area contributed by atoms with Gasteiger partial charge in [0.1, 0.15) is 5.75 Å². The summed E-state index contributed by atoms with van der Waals surface area (Å²) in [5.74, 6) is 0.716. The van der Waals surface area contributed by atoms with Crippen molar-refractivity contribution in [3.63, 3.8) is 0 Å². The highest BCUT2D eigenvalue weighted by Crippen LogP contribution is 2.26. The van der Waals surface area contributed by atoms with E-state index in [-0.39, 0.29) is 4.90 Å². The number of aryl methyl sites for hydroxylation is 3. The number of benzene rings is 1. The normalized spacial score (nSPS) is 11.6. The van der Waals surface area contributed by atoms with Gasteiger partial charge in [-0.15, -0.1) is 0 Å². The average molecular weight is 309 g/mol. The molecular formula is C14H19N3O3S. The van der Waals surface area contributed by atoms with Crippen molar-refractivity contribution in [2.75, 3.05) is 6.61 Å². The van der Waals surface area contributed by atoms with Gasteiger partial charge < -0.3 is 9.30 Å². The highest BCUT2D eigenvalue weighted by Gasteiger charge is 2.13. The van der Waals surface area contributed by atoms with E-state index in [4.69, 9.17) is 9.88 Å². The van der Waals surface area contributed by atoms with Gasteiger partial charge in [0.05, 0.1) is 17.8 Å². The summed E-state index contributed by atoms with van der Waals surface area (Å²) >= 11 is 0. The smallest absolute Gasteiger partial charge is 0.238 e. The maximum atomic E-state index is 11.4. The zero-order valence-corrected chi connectivity index (χ0v) is 12.9. The predicted octanol–water partition coefficient (Wildman–Crippen LogP) is 1.62. The largest absolute Gasteiger partial charge is 0.493 e. The number of hydrogen-bond acceptors (Lipinski definition) is 4. The Morgan fingerprint density at radius 3 is 2.48 bits per heavy atom. The van der Waals surface area contributed by atoms with Crippen molar-refractivity contribution in [2.24, 2.45) is 5.14 Å². The molecule has 2 aromatic rings. The topological polar surface area (TPSA) is 87.2 Å². The number of rotatable bonds is 6. The van der Waals surface area contributed by atoms with Gasteiger partial charge in [-0.1, -0.05) is 0 Å². The molecule has 0 fully saturated rings. The van der Waals surface area contributed by atoms with Crippen LogP contribution in [0.5, 0.6) is 5.75 Å². The number of ether oxygens (including phenoxy) is 1. The fraction of sp³-hybridized carbons (Fsp3) is 0.357. The molecule has 0 saturated heterocycles. The molecule has 1 heterocycles. The van der Waals surface area contributed by atoms with E-state index in [1.54, 1.807) is 12.5 Å². The summed E-state index contributed by atoms with van der Waals surface area (Å²) < 4.78 is 30.5. The van der Waals surface area contributed by atoms with E-state index < -0.39 is 10.0 Å². The van der Waals surface area contributed by atoms with E-state index in [2.05, 4.69) is 4.98 Å². The van der Waals surface area contributed by atoms with E-state index in [1.807, 2.05) is 24.6 Å². The minimum absolute atomic E-state index is 0.114. The molecule has 0 saturated carbocycles. The van der Waals surface area contributed by atoms with E-state index in [9.17, 15) is 8.42 Å². The highest BCUT2D eigenvalue weighted by molar-refractivity contribution is 7.89. The van der Waals surface area contributed by atoms with Crippen LogP contribution in [0.15, 0.2) is 35.7 Å². The maximum absolute atomic E-state index is 11.4. The Labute approximate surface area is 124 Å². The lowest BCUT2D eigenvalue weighted by atomic mass is 10.1. The molecule has 7 heteroatoms. The van der Waals surface area contributed by atoms with Crippen LogP contribution >= 0.6 is 0 Å². The first-order valence-electron chi connectivity index (χ1n) is 6.60. The average Bonchev–Trinajstić information content (AvgIpc) is 2.88. The summed E-state index contributed by atoms with van der Waals surface area (Å²) in [5, 5.41) is 5.14. The molecule has 0 aliphatic heterocycles. The van der Waals surface area contributed by atoms with Crippen LogP contribution in [0.3, 0.4) is 0 Å². The molecule has 0 amide bonds. The summed E-state index contributed by atoms with van der Waals surface area (Å²) in [4.78, 5) is 4.09. The Kier molecular flexibility index (Phi) is 4.64. The number of imidazole rings is 1. The quantitative estimate of drug-likeness (QED) is 0.821. The van der Waals surface area contributed by atoms with Crippen LogP contribution in [0.1, 0.15) is 17.5 Å². The lowest BCUT2D eigenvalue weighted by Gasteiger charge is -2.13. The summed E-state index contributed by atoms with van der Waals surface area (Å²) in [6, 6.07) is 3.07. The minimum Gasteiger partial charge on any atom is -0.493 e. The van der Waals surface area contributed by atoms with Gasteiger partial charge in [-0.2, -0.15) is 0 Å². The molecule has 1 aromatic carbocycles. The molecule has 0 aliphatic rings. The maximum Gasteiger partial charge on any atom is 0.238 e. The first kappa shape index (κ1) is 15.5. The third-order valence-electron chi connectivity index (χ3n) is 3.13. The van der Waals surface area contributed by atoms with E-state index in [1.165, 1.54) is 12.1 Å². The van der Waals surface area contributed by atoms with Gasteiger partial charge >= 0.3 is 0 Å². The minimum atomic E-state index is -3.69. The molecule has 1 aromatic heterocycles. The van der Waals surface area contributed by atoms with Crippen LogP contribution in [0.4, 0.5) is 0 Å². The lowest BCUT2D eigenvalue weighted by molar-refractivity contribution is 0.297. The molecule has 6 nitrogen and oxygen atoms in total. The summed E-state index contributed by atoms with van der Waals surface area (Å²) in [5.41, 5.74) is 1.53. The van der Waals surface area contributed by atoms with Crippen molar-refractivity contribution in [3.05, 3.63) is 42.0 Å². The molecule has 0 atom stereocenters. The zero-order valence-electron chi connectivity index (χ0n) is 12.1. The molecule has 0 unspecified atom stereocenters. The Balaban J connectivity index is 2.00. The molecular weight excluding hydrogens is 290 g/mol. The summed E-state index contributed by atoms with van der Waals surface area (Å²) in [6.07, 6.45) is 6.24. The first-order valence-corrected chi connectivity index (χ1v) is 8.15. The van der Waals surface area contributed by atoms with Crippen molar-refractivity contribution in [2.45, 2.75) is 31.7 Å². The van der Waals surface area contributed by atoms with Gasteiger partial charge in [0, 0.05) is 18.9 Å². The van der Waals surface area contributed by atoms with Crippen LogP contribution in [-0.4, -0.2) is 24.6 Å². The second-order valence-corrected chi connectivity index (χ2v) is 6.50. The van der Waals surface area contributed by atoms with Gasteiger partial charge in [-0.05, 0) is 43.5 Å². The van der Waals surface area contributed by atoms with Gasteiger partial charge in [0.15, 0.2) is 0 Å². The van der Waals surface area contributed by atoms with Crippen LogP contribution in [0.2, 0.25) is 0 Å². The monoisotopic (exact) mass is 309 g/mol. The number of primary sulfonamides is 1. The molecule has 0 spiro atoms. The molecule has 2 rings (SSSR count). The summed E-state index contributed by atoms with van der Waals surface area (Å²) in [6.45, 7) is 5.00. The number of hydrogen-bond donors (Lipinski definition) is 1. The standard InChI is InChI=1S/C14H19N3O3S/c1-11-8-13(21(15,18)19)9-12(2)14(11)20-7-3-5-17-6-4-16-10-17/h4,6,8-10H,3,5,7H2,1-2H3,(H2,15,18,19). The summed E-state index contributed by atoms with van der Waals surface area (Å²) in [7, 11) is -3.69. The van der Waals surface area contributed by atoms with Gasteiger partial charge in [-0.25, -0.2) is 18.5 Å². The fourth-order valence-corrected chi connectivity index (χ4v) is 2.82. The fourth-order valence-electron chi connectivity index (χ4n) is 2.14. The molecule has 21 heavy (non-hydrogen) atoms. The molecule has 0 aliphatic carbocycles. The number of aromatic nitrogens is 2. The molecule has 2 N–H and O–H groups in total. The van der Waals surface area contributed by atoms with Gasteiger partial charge in [-0.3, -0.25) is 0 Å². The van der Waals surface area contributed by atoms with Crippen molar-refractivity contribution in [1.82, 2.24) is 9.55 Å². The second-order valence-electron chi connectivity index (χ2n) is 4.93. The van der Waals surface area contributed by atoms with E-state index in [0.29, 0.717) is 12.4 Å². The van der Waals surface area contributed by atoms with Crippen LogP contribution < -0.4 is 9.88 Å². The SMILES string of the molecule is Cc1cc(S(N)(=O)=O)cc(C)c1OCCCn1ccnc1. The second kappa shape index (κ2) is 6.28. The Hall–Kier alpha value is -1.86. The van der Waals surface area contributed by atoms with Crippen molar-refractivity contribution in [3.8, 4) is 5.75 Å². The van der Waals surface area contributed by atoms with Crippen molar-refractivity contribution in [1.29, 1.82) is 0 Å². The Bertz CT molecular complexity index is 686. The lowest BCUT2D eigenvalue weighted by Crippen LogP contribution is -2.13. The number of sulfonamides is 1. The number of nitrogens with two attached hydrogens (primary N) is 1. The van der Waals surface area contributed by atoms with E-state index in [0.717, 1.165) is 24.1 Å². The van der Waals surface area contributed by atoms with Crippen molar-refractivity contribution >= 4 is 10.0 Å². The third-order valence-corrected chi connectivity index (χ3v) is 4.02. The Morgan fingerprint density at radius 1 is 1.29 bits per heavy atom.